The first-order valence-electron chi connectivity index (χ1n) is 6.26. The predicted octanol–water partition coefficient (Wildman–Crippen LogP) is 2.52. The molecule has 0 aliphatic heterocycles. The molecule has 1 heterocycles. The van der Waals surface area contributed by atoms with Gasteiger partial charge in [0.25, 0.3) is 5.91 Å². The normalized spacial score (nSPS) is 11.9. The van der Waals surface area contributed by atoms with Crippen molar-refractivity contribution in [1.82, 2.24) is 4.98 Å². The van der Waals surface area contributed by atoms with Crippen molar-refractivity contribution in [1.29, 1.82) is 0 Å². The number of rotatable bonds is 4. The Labute approximate surface area is 116 Å². The molecule has 0 bridgehead atoms. The number of ketones is 1. The number of anilines is 1. The van der Waals surface area contributed by atoms with Crippen molar-refractivity contribution >= 4 is 17.4 Å². The smallest absolute Gasteiger partial charge is 0.272 e. The molecule has 1 atom stereocenters. The van der Waals surface area contributed by atoms with E-state index < -0.39 is 6.10 Å². The van der Waals surface area contributed by atoms with Crippen LogP contribution in [0.25, 0.3) is 0 Å². The fourth-order valence-corrected chi connectivity index (χ4v) is 1.89. The number of nitrogens with one attached hydrogen (secondary N) is 2. The van der Waals surface area contributed by atoms with Crippen LogP contribution in [0.4, 0.5) is 5.69 Å². The van der Waals surface area contributed by atoms with E-state index in [0.29, 0.717) is 22.5 Å². The molecule has 1 aromatic carbocycles. The van der Waals surface area contributed by atoms with Gasteiger partial charge in [-0.1, -0.05) is 18.2 Å². The third kappa shape index (κ3) is 2.95. The Hall–Kier alpha value is -2.40. The minimum absolute atomic E-state index is 0.107. The maximum atomic E-state index is 12.1. The SMILES string of the molecule is CC(=O)c1c[nH]c(C(=O)Nc2ccccc2C(C)O)c1. The van der Waals surface area contributed by atoms with Gasteiger partial charge in [-0.3, -0.25) is 9.59 Å². The number of aromatic amines is 1. The predicted molar refractivity (Wildman–Crippen MR) is 75.8 cm³/mol. The molecule has 0 saturated heterocycles. The van der Waals surface area contributed by atoms with Gasteiger partial charge in [-0.2, -0.15) is 0 Å². The highest BCUT2D eigenvalue weighted by Crippen LogP contribution is 2.22. The Bertz CT molecular complexity index is 644. The van der Waals surface area contributed by atoms with Gasteiger partial charge in [0.1, 0.15) is 5.69 Å². The molecule has 0 radical (unpaired) electrons. The first-order chi connectivity index (χ1) is 9.49. The molecule has 1 unspecified atom stereocenters. The Morgan fingerprint density at radius 2 is 2.00 bits per heavy atom. The number of benzene rings is 1. The van der Waals surface area contributed by atoms with Gasteiger partial charge in [-0.25, -0.2) is 0 Å². The molecule has 3 N–H and O–H groups in total. The second-order valence-electron chi connectivity index (χ2n) is 4.58. The number of Topliss-reactive ketones (excluding diaryl/α,β-unsaturated/α-hetero) is 1. The Balaban J connectivity index is 2.21. The van der Waals surface area contributed by atoms with Crippen LogP contribution < -0.4 is 5.32 Å². The molecule has 5 nitrogen and oxygen atoms in total. The summed E-state index contributed by atoms with van der Waals surface area (Å²) in [7, 11) is 0. The van der Waals surface area contributed by atoms with Gasteiger partial charge in [0.15, 0.2) is 5.78 Å². The lowest BCUT2D eigenvalue weighted by Crippen LogP contribution is -2.14. The molecule has 5 heteroatoms. The number of hydrogen-bond donors (Lipinski definition) is 3. The van der Waals surface area contributed by atoms with Crippen LogP contribution in [0.3, 0.4) is 0 Å². The molecule has 1 amide bonds. The highest BCUT2D eigenvalue weighted by atomic mass is 16.3. The molecule has 0 aliphatic carbocycles. The number of hydrogen-bond acceptors (Lipinski definition) is 3. The molecule has 1 aromatic heterocycles. The van der Waals surface area contributed by atoms with Crippen LogP contribution in [-0.2, 0) is 0 Å². The van der Waals surface area contributed by atoms with Crippen molar-refractivity contribution in [3.05, 3.63) is 53.3 Å². The summed E-state index contributed by atoms with van der Waals surface area (Å²) < 4.78 is 0. The van der Waals surface area contributed by atoms with Gasteiger partial charge in [-0.15, -0.1) is 0 Å². The molecular formula is C15H16N2O3. The van der Waals surface area contributed by atoms with Gasteiger partial charge in [0.05, 0.1) is 6.10 Å². The monoisotopic (exact) mass is 272 g/mol. The molecule has 2 aromatic rings. The maximum absolute atomic E-state index is 12.1. The zero-order chi connectivity index (χ0) is 14.7. The topological polar surface area (TPSA) is 82.2 Å². The van der Waals surface area contributed by atoms with Crippen molar-refractivity contribution in [2.45, 2.75) is 20.0 Å². The number of carbonyl (C=O) groups is 2. The van der Waals surface area contributed by atoms with E-state index in [2.05, 4.69) is 10.3 Å². The van der Waals surface area contributed by atoms with E-state index in [1.807, 2.05) is 0 Å². The number of aliphatic hydroxyl groups excluding tert-OH is 1. The minimum atomic E-state index is -0.678. The standard InChI is InChI=1S/C15H16N2O3/c1-9(18)11-7-14(16-8-11)15(20)17-13-6-4-3-5-12(13)10(2)19/h3-8,10,16,19H,1-2H3,(H,17,20). The second kappa shape index (κ2) is 5.71. The third-order valence-corrected chi connectivity index (χ3v) is 2.99. The van der Waals surface area contributed by atoms with Crippen molar-refractivity contribution < 1.29 is 14.7 Å². The number of H-pyrrole nitrogens is 1. The molecule has 20 heavy (non-hydrogen) atoms. The highest BCUT2D eigenvalue weighted by molar-refractivity contribution is 6.05. The number of amides is 1. The third-order valence-electron chi connectivity index (χ3n) is 2.99. The Morgan fingerprint density at radius 1 is 1.30 bits per heavy atom. The van der Waals surface area contributed by atoms with E-state index in [0.717, 1.165) is 0 Å². The van der Waals surface area contributed by atoms with Crippen LogP contribution in [0.2, 0.25) is 0 Å². The molecule has 0 fully saturated rings. The van der Waals surface area contributed by atoms with Gasteiger partial charge in [0, 0.05) is 23.0 Å². The minimum Gasteiger partial charge on any atom is -0.389 e. The summed E-state index contributed by atoms with van der Waals surface area (Å²) in [5, 5.41) is 12.4. The van der Waals surface area contributed by atoms with Gasteiger partial charge >= 0.3 is 0 Å². The summed E-state index contributed by atoms with van der Waals surface area (Å²) in [5.74, 6) is -0.463. The Kier molecular flexibility index (Phi) is 4.00. The van der Waals surface area contributed by atoms with E-state index in [4.69, 9.17) is 0 Å². The Morgan fingerprint density at radius 3 is 2.60 bits per heavy atom. The number of aromatic nitrogens is 1. The van der Waals surface area contributed by atoms with Crippen LogP contribution in [0, 0.1) is 0 Å². The molecular weight excluding hydrogens is 256 g/mol. The zero-order valence-electron chi connectivity index (χ0n) is 11.3. The summed E-state index contributed by atoms with van der Waals surface area (Å²) in [6.07, 6.45) is 0.820. The number of para-hydroxylation sites is 1. The van der Waals surface area contributed by atoms with Crippen molar-refractivity contribution in [3.8, 4) is 0 Å². The van der Waals surface area contributed by atoms with Crippen LogP contribution >= 0.6 is 0 Å². The second-order valence-corrected chi connectivity index (χ2v) is 4.58. The quantitative estimate of drug-likeness (QED) is 0.748. The lowest BCUT2D eigenvalue weighted by atomic mass is 10.1. The zero-order valence-corrected chi connectivity index (χ0v) is 11.3. The van der Waals surface area contributed by atoms with Gasteiger partial charge < -0.3 is 15.4 Å². The molecule has 0 aliphatic rings. The summed E-state index contributed by atoms with van der Waals surface area (Å²) in [6, 6.07) is 8.53. The summed E-state index contributed by atoms with van der Waals surface area (Å²) in [6.45, 7) is 3.07. The average molecular weight is 272 g/mol. The average Bonchev–Trinajstić information content (AvgIpc) is 2.89. The fourth-order valence-electron chi connectivity index (χ4n) is 1.89. The van der Waals surface area contributed by atoms with E-state index in [9.17, 15) is 14.7 Å². The first kappa shape index (κ1) is 14.0. The summed E-state index contributed by atoms with van der Waals surface area (Å²) in [5.41, 5.74) is 1.94. The van der Waals surface area contributed by atoms with Crippen molar-refractivity contribution in [2.24, 2.45) is 0 Å². The fraction of sp³-hybridized carbons (Fsp3) is 0.200. The molecule has 104 valence electrons. The largest absolute Gasteiger partial charge is 0.389 e. The number of aliphatic hydroxyl groups is 1. The first-order valence-corrected chi connectivity index (χ1v) is 6.26. The lowest BCUT2D eigenvalue weighted by Gasteiger charge is -2.12. The summed E-state index contributed by atoms with van der Waals surface area (Å²) in [4.78, 5) is 26.0. The van der Waals surface area contributed by atoms with Gasteiger partial charge in [-0.05, 0) is 26.0 Å². The van der Waals surface area contributed by atoms with Crippen LogP contribution in [0.1, 0.15) is 46.4 Å². The molecule has 2 rings (SSSR count). The molecule has 0 saturated carbocycles. The van der Waals surface area contributed by atoms with E-state index in [1.54, 1.807) is 31.2 Å². The van der Waals surface area contributed by atoms with Crippen molar-refractivity contribution in [3.63, 3.8) is 0 Å². The summed E-state index contributed by atoms with van der Waals surface area (Å²) >= 11 is 0. The van der Waals surface area contributed by atoms with Crippen molar-refractivity contribution in [2.75, 3.05) is 5.32 Å². The van der Waals surface area contributed by atoms with E-state index in [-0.39, 0.29) is 11.7 Å². The lowest BCUT2D eigenvalue weighted by molar-refractivity contribution is 0.101. The maximum Gasteiger partial charge on any atom is 0.272 e. The highest BCUT2D eigenvalue weighted by Gasteiger charge is 2.14. The van der Waals surface area contributed by atoms with E-state index in [1.165, 1.54) is 19.2 Å². The molecule has 0 spiro atoms. The number of carbonyl (C=O) groups excluding carboxylic acids is 2. The van der Waals surface area contributed by atoms with Crippen LogP contribution in [0.5, 0.6) is 0 Å². The van der Waals surface area contributed by atoms with E-state index >= 15 is 0 Å². The van der Waals surface area contributed by atoms with Crippen LogP contribution in [0.15, 0.2) is 36.5 Å². The van der Waals surface area contributed by atoms with Gasteiger partial charge in [0.2, 0.25) is 0 Å². The van der Waals surface area contributed by atoms with Crippen LogP contribution in [-0.4, -0.2) is 21.8 Å².